The molecule has 0 aliphatic heterocycles. The Morgan fingerprint density at radius 2 is 2.00 bits per heavy atom. The van der Waals surface area contributed by atoms with Crippen molar-refractivity contribution < 1.29 is 4.42 Å². The Bertz CT molecular complexity index is 553. The Morgan fingerprint density at radius 3 is 2.63 bits per heavy atom. The van der Waals surface area contributed by atoms with Crippen molar-refractivity contribution in [2.75, 3.05) is 6.54 Å². The third-order valence-corrected chi connectivity index (χ3v) is 3.34. The number of hydrogen-bond acceptors (Lipinski definition) is 2. The van der Waals surface area contributed by atoms with Gasteiger partial charge in [0.2, 0.25) is 0 Å². The van der Waals surface area contributed by atoms with Crippen LogP contribution in [0.15, 0.2) is 28.7 Å². The molecular weight excluding hydrogens is 258 g/mol. The lowest BCUT2D eigenvalue weighted by Gasteiger charge is -2.25. The predicted octanol–water partition coefficient (Wildman–Crippen LogP) is 5.17. The molecule has 0 fully saturated rings. The Balaban J connectivity index is 2.33. The van der Waals surface area contributed by atoms with E-state index in [0.717, 1.165) is 34.7 Å². The molecule has 0 aliphatic carbocycles. The molecule has 0 bridgehead atoms. The van der Waals surface area contributed by atoms with Crippen molar-refractivity contribution in [3.63, 3.8) is 0 Å². The summed E-state index contributed by atoms with van der Waals surface area (Å²) >= 11 is 6.02. The molecule has 2 nitrogen and oxygen atoms in total. The van der Waals surface area contributed by atoms with E-state index in [4.69, 9.17) is 16.0 Å². The van der Waals surface area contributed by atoms with Crippen molar-refractivity contribution >= 4 is 22.6 Å². The molecule has 0 amide bonds. The molecule has 19 heavy (non-hydrogen) atoms. The molecule has 1 atom stereocenters. The predicted molar refractivity (Wildman–Crippen MR) is 81.7 cm³/mol. The van der Waals surface area contributed by atoms with Crippen molar-refractivity contribution in [2.24, 2.45) is 5.41 Å². The molecule has 104 valence electrons. The molecule has 1 unspecified atom stereocenters. The maximum absolute atomic E-state index is 6.02. The van der Waals surface area contributed by atoms with Crippen LogP contribution in [-0.2, 0) is 0 Å². The van der Waals surface area contributed by atoms with Crippen molar-refractivity contribution in [1.82, 2.24) is 5.32 Å². The van der Waals surface area contributed by atoms with E-state index in [0.29, 0.717) is 0 Å². The molecule has 0 aliphatic rings. The molecule has 3 heteroatoms. The van der Waals surface area contributed by atoms with Gasteiger partial charge in [-0.25, -0.2) is 0 Å². The number of hydrogen-bond donors (Lipinski definition) is 1. The van der Waals surface area contributed by atoms with E-state index in [1.807, 2.05) is 18.2 Å². The normalized spacial score (nSPS) is 13.9. The summed E-state index contributed by atoms with van der Waals surface area (Å²) in [6.45, 7) is 9.79. The fourth-order valence-electron chi connectivity index (χ4n) is 2.34. The quantitative estimate of drug-likeness (QED) is 0.835. The number of benzene rings is 1. The van der Waals surface area contributed by atoms with E-state index < -0.39 is 0 Å². The average Bonchev–Trinajstić information content (AvgIpc) is 2.69. The SMILES string of the molecule is CCNC(CC(C)(C)C)c1cc2cc(Cl)ccc2o1. The number of halogens is 1. The lowest BCUT2D eigenvalue weighted by molar-refractivity contribution is 0.289. The Morgan fingerprint density at radius 1 is 1.26 bits per heavy atom. The van der Waals surface area contributed by atoms with E-state index in [2.05, 4.69) is 39.1 Å². The van der Waals surface area contributed by atoms with Gasteiger partial charge in [0.15, 0.2) is 0 Å². The van der Waals surface area contributed by atoms with E-state index in [1.54, 1.807) is 0 Å². The Labute approximate surface area is 120 Å². The summed E-state index contributed by atoms with van der Waals surface area (Å²) in [4.78, 5) is 0. The van der Waals surface area contributed by atoms with Gasteiger partial charge < -0.3 is 9.73 Å². The Kier molecular flexibility index (Phi) is 4.22. The van der Waals surface area contributed by atoms with E-state index in [9.17, 15) is 0 Å². The first-order valence-corrected chi connectivity index (χ1v) is 7.19. The lowest BCUT2D eigenvalue weighted by Crippen LogP contribution is -2.25. The molecule has 1 N–H and O–H groups in total. The zero-order valence-corrected chi connectivity index (χ0v) is 12.8. The van der Waals surface area contributed by atoms with Gasteiger partial charge in [-0.15, -0.1) is 0 Å². The van der Waals surface area contributed by atoms with Gasteiger partial charge in [-0.2, -0.15) is 0 Å². The summed E-state index contributed by atoms with van der Waals surface area (Å²) in [5, 5.41) is 5.32. The minimum Gasteiger partial charge on any atom is -0.459 e. The van der Waals surface area contributed by atoms with Crippen LogP contribution in [-0.4, -0.2) is 6.54 Å². The molecule has 2 rings (SSSR count). The van der Waals surface area contributed by atoms with Gasteiger partial charge >= 0.3 is 0 Å². The van der Waals surface area contributed by atoms with Crippen LogP contribution in [0, 0.1) is 5.41 Å². The minimum absolute atomic E-state index is 0.246. The summed E-state index contributed by atoms with van der Waals surface area (Å²) in [5.74, 6) is 0.994. The maximum Gasteiger partial charge on any atom is 0.134 e. The summed E-state index contributed by atoms with van der Waals surface area (Å²) in [5.41, 5.74) is 1.15. The fraction of sp³-hybridized carbons (Fsp3) is 0.500. The molecule has 0 saturated carbocycles. The summed E-state index contributed by atoms with van der Waals surface area (Å²) in [6.07, 6.45) is 1.04. The third kappa shape index (κ3) is 3.74. The highest BCUT2D eigenvalue weighted by atomic mass is 35.5. The number of rotatable bonds is 4. The fourth-order valence-corrected chi connectivity index (χ4v) is 2.52. The highest BCUT2D eigenvalue weighted by molar-refractivity contribution is 6.31. The monoisotopic (exact) mass is 279 g/mol. The molecule has 0 radical (unpaired) electrons. The molecule has 1 heterocycles. The Hall–Kier alpha value is -0.990. The number of fused-ring (bicyclic) bond motifs is 1. The lowest BCUT2D eigenvalue weighted by atomic mass is 9.87. The van der Waals surface area contributed by atoms with Gasteiger partial charge in [0.05, 0.1) is 6.04 Å². The summed E-state index contributed by atoms with van der Waals surface area (Å²) < 4.78 is 5.96. The first kappa shape index (κ1) is 14.4. The van der Waals surface area contributed by atoms with Crippen LogP contribution in [0.25, 0.3) is 11.0 Å². The second-order valence-corrected chi connectivity index (χ2v) is 6.64. The van der Waals surface area contributed by atoms with Crippen molar-refractivity contribution in [3.05, 3.63) is 35.0 Å². The van der Waals surface area contributed by atoms with Gasteiger partial charge in [0.1, 0.15) is 11.3 Å². The van der Waals surface area contributed by atoms with Gasteiger partial charge in [-0.1, -0.05) is 39.3 Å². The minimum atomic E-state index is 0.246. The van der Waals surface area contributed by atoms with E-state index in [-0.39, 0.29) is 11.5 Å². The number of nitrogens with one attached hydrogen (secondary N) is 1. The van der Waals surface area contributed by atoms with Crippen molar-refractivity contribution in [2.45, 2.75) is 40.2 Å². The first-order chi connectivity index (χ1) is 8.89. The van der Waals surface area contributed by atoms with Crippen LogP contribution in [0.5, 0.6) is 0 Å². The molecule has 0 saturated heterocycles. The van der Waals surface area contributed by atoms with Gasteiger partial charge in [0, 0.05) is 10.4 Å². The smallest absolute Gasteiger partial charge is 0.134 e. The van der Waals surface area contributed by atoms with Gasteiger partial charge in [-0.05, 0) is 42.6 Å². The van der Waals surface area contributed by atoms with Gasteiger partial charge in [0.25, 0.3) is 0 Å². The number of furan rings is 1. The van der Waals surface area contributed by atoms with Crippen LogP contribution in [0.4, 0.5) is 0 Å². The van der Waals surface area contributed by atoms with E-state index in [1.165, 1.54) is 0 Å². The second kappa shape index (κ2) is 5.56. The molecule has 1 aromatic heterocycles. The largest absolute Gasteiger partial charge is 0.459 e. The zero-order valence-electron chi connectivity index (χ0n) is 12.1. The third-order valence-electron chi connectivity index (χ3n) is 3.11. The van der Waals surface area contributed by atoms with Crippen LogP contribution < -0.4 is 5.32 Å². The van der Waals surface area contributed by atoms with Crippen LogP contribution in [0.2, 0.25) is 5.02 Å². The van der Waals surface area contributed by atoms with Crippen molar-refractivity contribution in [3.8, 4) is 0 Å². The highest BCUT2D eigenvalue weighted by Gasteiger charge is 2.22. The van der Waals surface area contributed by atoms with E-state index >= 15 is 0 Å². The van der Waals surface area contributed by atoms with Crippen LogP contribution >= 0.6 is 11.6 Å². The molecule has 1 aromatic carbocycles. The topological polar surface area (TPSA) is 25.2 Å². The highest BCUT2D eigenvalue weighted by Crippen LogP contribution is 2.33. The van der Waals surface area contributed by atoms with Crippen LogP contribution in [0.3, 0.4) is 0 Å². The van der Waals surface area contributed by atoms with Gasteiger partial charge in [-0.3, -0.25) is 0 Å². The maximum atomic E-state index is 6.02. The zero-order chi connectivity index (χ0) is 14.0. The molecular formula is C16H22ClNO. The molecule has 2 aromatic rings. The average molecular weight is 280 g/mol. The summed E-state index contributed by atoms with van der Waals surface area (Å²) in [7, 11) is 0. The van der Waals surface area contributed by atoms with Crippen LogP contribution in [0.1, 0.15) is 45.9 Å². The summed E-state index contributed by atoms with van der Waals surface area (Å²) in [6, 6.07) is 8.09. The first-order valence-electron chi connectivity index (χ1n) is 6.81. The standard InChI is InChI=1S/C16H22ClNO/c1-5-18-13(10-16(2,3)4)15-9-11-8-12(17)6-7-14(11)19-15/h6-9,13,18H,5,10H2,1-4H3. The second-order valence-electron chi connectivity index (χ2n) is 6.21. The molecule has 0 spiro atoms. The van der Waals surface area contributed by atoms with Crippen molar-refractivity contribution in [1.29, 1.82) is 0 Å².